The van der Waals surface area contributed by atoms with Gasteiger partial charge in [-0.3, -0.25) is 0 Å². The second kappa shape index (κ2) is 8.19. The molecule has 2 heteroatoms. The standard InChI is InChI=1S/C14H27NS/c1-4-6-8-12(3)15-13-9-7-10-14(11-13)16-5-2/h4,12-15H,1,5-11H2,2-3H3. The monoisotopic (exact) mass is 241 g/mol. The Bertz CT molecular complexity index is 191. The molecule has 1 fully saturated rings. The summed E-state index contributed by atoms with van der Waals surface area (Å²) in [6, 6.07) is 1.41. The fraction of sp³-hybridized carbons (Fsp3) is 0.857. The van der Waals surface area contributed by atoms with E-state index in [-0.39, 0.29) is 0 Å². The average molecular weight is 241 g/mol. The summed E-state index contributed by atoms with van der Waals surface area (Å²) in [5, 5.41) is 4.69. The lowest BCUT2D eigenvalue weighted by Gasteiger charge is -2.31. The second-order valence-corrected chi connectivity index (χ2v) is 6.45. The molecule has 0 aromatic carbocycles. The number of thioether (sulfide) groups is 1. The highest BCUT2D eigenvalue weighted by Gasteiger charge is 2.22. The van der Waals surface area contributed by atoms with Crippen molar-refractivity contribution in [1.29, 1.82) is 0 Å². The van der Waals surface area contributed by atoms with Gasteiger partial charge in [-0.15, -0.1) is 6.58 Å². The maximum Gasteiger partial charge on any atom is 0.00800 e. The van der Waals surface area contributed by atoms with Gasteiger partial charge in [0.2, 0.25) is 0 Å². The Kier molecular flexibility index (Phi) is 7.22. The molecule has 3 atom stereocenters. The molecule has 1 saturated carbocycles. The Balaban J connectivity index is 2.22. The maximum atomic E-state index is 3.78. The molecule has 0 aromatic rings. The van der Waals surface area contributed by atoms with Crippen molar-refractivity contribution in [2.24, 2.45) is 0 Å². The Labute approximate surface area is 105 Å². The van der Waals surface area contributed by atoms with Crippen LogP contribution in [0.1, 0.15) is 52.4 Å². The van der Waals surface area contributed by atoms with Crippen molar-refractivity contribution in [2.75, 3.05) is 5.75 Å². The predicted molar refractivity (Wildman–Crippen MR) is 76.2 cm³/mol. The van der Waals surface area contributed by atoms with Crippen molar-refractivity contribution >= 4 is 11.8 Å². The van der Waals surface area contributed by atoms with E-state index < -0.39 is 0 Å². The average Bonchev–Trinajstić information content (AvgIpc) is 2.27. The van der Waals surface area contributed by atoms with Gasteiger partial charge in [-0.05, 0) is 44.8 Å². The van der Waals surface area contributed by atoms with Crippen molar-refractivity contribution in [3.63, 3.8) is 0 Å². The van der Waals surface area contributed by atoms with E-state index >= 15 is 0 Å². The van der Waals surface area contributed by atoms with Crippen molar-refractivity contribution in [3.05, 3.63) is 12.7 Å². The minimum absolute atomic E-state index is 0.647. The fourth-order valence-corrected chi connectivity index (χ4v) is 3.71. The molecule has 3 unspecified atom stereocenters. The highest BCUT2D eigenvalue weighted by atomic mass is 32.2. The van der Waals surface area contributed by atoms with Crippen LogP contribution in [0.15, 0.2) is 12.7 Å². The van der Waals surface area contributed by atoms with Crippen LogP contribution >= 0.6 is 11.8 Å². The molecule has 1 nitrogen and oxygen atoms in total. The van der Waals surface area contributed by atoms with Crippen LogP contribution in [-0.2, 0) is 0 Å². The van der Waals surface area contributed by atoms with Crippen LogP contribution in [0.25, 0.3) is 0 Å². The number of hydrogen-bond donors (Lipinski definition) is 1. The van der Waals surface area contributed by atoms with Gasteiger partial charge in [-0.2, -0.15) is 11.8 Å². The highest BCUT2D eigenvalue weighted by Crippen LogP contribution is 2.28. The van der Waals surface area contributed by atoms with Crippen LogP contribution in [0.3, 0.4) is 0 Å². The van der Waals surface area contributed by atoms with E-state index in [4.69, 9.17) is 0 Å². The van der Waals surface area contributed by atoms with Gasteiger partial charge >= 0.3 is 0 Å². The topological polar surface area (TPSA) is 12.0 Å². The van der Waals surface area contributed by atoms with Crippen molar-refractivity contribution in [2.45, 2.75) is 69.7 Å². The van der Waals surface area contributed by atoms with Crippen LogP contribution in [0, 0.1) is 0 Å². The summed E-state index contributed by atoms with van der Waals surface area (Å²) in [6.45, 7) is 8.36. The summed E-state index contributed by atoms with van der Waals surface area (Å²) in [4.78, 5) is 0. The van der Waals surface area contributed by atoms with E-state index in [2.05, 4.69) is 37.5 Å². The molecule has 0 saturated heterocycles. The molecular formula is C14H27NS. The third-order valence-corrected chi connectivity index (χ3v) is 4.59. The van der Waals surface area contributed by atoms with Gasteiger partial charge in [-0.1, -0.05) is 19.4 Å². The summed E-state index contributed by atoms with van der Waals surface area (Å²) in [5.74, 6) is 1.27. The minimum Gasteiger partial charge on any atom is -0.311 e. The third-order valence-electron chi connectivity index (χ3n) is 3.35. The van der Waals surface area contributed by atoms with E-state index in [9.17, 15) is 0 Å². The van der Waals surface area contributed by atoms with E-state index in [1.165, 1.54) is 37.9 Å². The van der Waals surface area contributed by atoms with E-state index in [1.807, 2.05) is 6.08 Å². The van der Waals surface area contributed by atoms with E-state index in [0.717, 1.165) is 17.7 Å². The smallest absolute Gasteiger partial charge is 0.00800 e. The number of hydrogen-bond acceptors (Lipinski definition) is 2. The summed E-state index contributed by atoms with van der Waals surface area (Å²) in [7, 11) is 0. The van der Waals surface area contributed by atoms with Crippen molar-refractivity contribution in [1.82, 2.24) is 5.32 Å². The molecule has 1 rings (SSSR count). The van der Waals surface area contributed by atoms with Gasteiger partial charge in [0.15, 0.2) is 0 Å². The van der Waals surface area contributed by atoms with Gasteiger partial charge in [0.05, 0.1) is 0 Å². The van der Waals surface area contributed by atoms with Gasteiger partial charge in [-0.25, -0.2) is 0 Å². The first-order chi connectivity index (χ1) is 7.76. The molecule has 0 amide bonds. The van der Waals surface area contributed by atoms with E-state index in [1.54, 1.807) is 0 Å². The number of allylic oxidation sites excluding steroid dienone is 1. The molecular weight excluding hydrogens is 214 g/mol. The molecule has 0 aliphatic heterocycles. The molecule has 1 aliphatic rings. The van der Waals surface area contributed by atoms with E-state index in [0.29, 0.717) is 6.04 Å². The van der Waals surface area contributed by atoms with Gasteiger partial charge in [0, 0.05) is 17.3 Å². The maximum absolute atomic E-state index is 3.78. The molecule has 94 valence electrons. The molecule has 0 heterocycles. The minimum atomic E-state index is 0.647. The van der Waals surface area contributed by atoms with Crippen LogP contribution in [0.4, 0.5) is 0 Å². The Morgan fingerprint density at radius 3 is 3.00 bits per heavy atom. The normalized spacial score (nSPS) is 27.6. The zero-order valence-electron chi connectivity index (χ0n) is 10.9. The fourth-order valence-electron chi connectivity index (χ4n) is 2.54. The van der Waals surface area contributed by atoms with Gasteiger partial charge in [0.25, 0.3) is 0 Å². The predicted octanol–water partition coefficient (Wildman–Crippen LogP) is 4.00. The Morgan fingerprint density at radius 1 is 1.50 bits per heavy atom. The largest absolute Gasteiger partial charge is 0.311 e. The van der Waals surface area contributed by atoms with Crippen LogP contribution in [0.2, 0.25) is 0 Å². The Hall–Kier alpha value is 0.0500. The van der Waals surface area contributed by atoms with Crippen molar-refractivity contribution in [3.8, 4) is 0 Å². The number of nitrogens with one attached hydrogen (secondary N) is 1. The van der Waals surface area contributed by atoms with Crippen LogP contribution < -0.4 is 5.32 Å². The highest BCUT2D eigenvalue weighted by molar-refractivity contribution is 7.99. The lowest BCUT2D eigenvalue weighted by molar-refractivity contribution is 0.343. The van der Waals surface area contributed by atoms with Gasteiger partial charge < -0.3 is 5.32 Å². The summed E-state index contributed by atoms with van der Waals surface area (Å²) in [5.41, 5.74) is 0. The first-order valence-electron chi connectivity index (χ1n) is 6.74. The summed E-state index contributed by atoms with van der Waals surface area (Å²) in [6.07, 6.45) is 9.96. The quantitative estimate of drug-likeness (QED) is 0.676. The molecule has 0 spiro atoms. The first-order valence-corrected chi connectivity index (χ1v) is 7.79. The van der Waals surface area contributed by atoms with Crippen molar-refractivity contribution < 1.29 is 0 Å². The molecule has 0 bridgehead atoms. The second-order valence-electron chi connectivity index (χ2n) is 4.87. The van der Waals surface area contributed by atoms with Crippen LogP contribution in [0.5, 0.6) is 0 Å². The SMILES string of the molecule is C=CCCC(C)NC1CCCC(SCC)C1. The number of rotatable bonds is 7. The molecule has 16 heavy (non-hydrogen) atoms. The first kappa shape index (κ1) is 14.1. The summed E-state index contributed by atoms with van der Waals surface area (Å²) < 4.78 is 0. The molecule has 0 radical (unpaired) electrons. The van der Waals surface area contributed by atoms with Crippen LogP contribution in [-0.4, -0.2) is 23.1 Å². The molecule has 1 aliphatic carbocycles. The molecule has 1 N–H and O–H groups in total. The zero-order chi connectivity index (χ0) is 11.8. The molecule has 0 aromatic heterocycles. The Morgan fingerprint density at radius 2 is 2.31 bits per heavy atom. The van der Waals surface area contributed by atoms with Gasteiger partial charge in [0.1, 0.15) is 0 Å². The lowest BCUT2D eigenvalue weighted by Crippen LogP contribution is -2.40. The summed E-state index contributed by atoms with van der Waals surface area (Å²) >= 11 is 2.14. The lowest BCUT2D eigenvalue weighted by atomic mass is 9.94. The third kappa shape index (κ3) is 5.40. The zero-order valence-corrected chi connectivity index (χ0v) is 11.7.